The fraction of sp³-hybridized carbons (Fsp3) is 0.122. The number of benzene rings is 4. The highest BCUT2D eigenvalue weighted by Gasteiger charge is 2.33. The number of rotatable bonds is 4. The Bertz CT molecular complexity index is 2020. The van der Waals surface area contributed by atoms with Crippen molar-refractivity contribution in [1.82, 2.24) is 9.97 Å². The van der Waals surface area contributed by atoms with E-state index in [0.29, 0.717) is 11.8 Å². The van der Waals surface area contributed by atoms with E-state index in [2.05, 4.69) is 127 Å². The summed E-state index contributed by atoms with van der Waals surface area (Å²) in [6, 6.07) is 35.3. The van der Waals surface area contributed by atoms with Gasteiger partial charge in [0.25, 0.3) is 0 Å². The van der Waals surface area contributed by atoms with E-state index < -0.39 is 0 Å². The maximum Gasteiger partial charge on any atom is 0.0720 e. The number of fused-ring (bicyclic) bond motifs is 3. The van der Waals surface area contributed by atoms with Crippen molar-refractivity contribution in [2.24, 2.45) is 5.92 Å². The van der Waals surface area contributed by atoms with Gasteiger partial charge in [-0.15, -0.1) is 0 Å². The van der Waals surface area contributed by atoms with Gasteiger partial charge < -0.3 is 0 Å². The first kappa shape index (κ1) is 25.6. The number of pyridine rings is 2. The van der Waals surface area contributed by atoms with Gasteiger partial charge in [-0.2, -0.15) is 0 Å². The fourth-order valence-electron chi connectivity index (χ4n) is 7.34. The van der Waals surface area contributed by atoms with Gasteiger partial charge in [0.2, 0.25) is 0 Å². The fourth-order valence-corrected chi connectivity index (χ4v) is 7.34. The molecule has 8 rings (SSSR count). The summed E-state index contributed by atoms with van der Waals surface area (Å²) in [7, 11) is 0. The molecule has 2 aliphatic carbocycles. The average molecular weight is 553 g/mol. The summed E-state index contributed by atoms with van der Waals surface area (Å²) in [5, 5.41) is 5.20. The number of nitrogens with zero attached hydrogens (tertiary/aromatic N) is 2. The van der Waals surface area contributed by atoms with Crippen LogP contribution in [0.25, 0.3) is 49.5 Å². The first-order chi connectivity index (χ1) is 21.3. The van der Waals surface area contributed by atoms with E-state index in [-0.39, 0.29) is 0 Å². The van der Waals surface area contributed by atoms with Crippen LogP contribution in [0.3, 0.4) is 0 Å². The number of aromatic nitrogens is 2. The molecule has 2 nitrogen and oxygen atoms in total. The van der Waals surface area contributed by atoms with E-state index in [0.717, 1.165) is 24.1 Å². The van der Waals surface area contributed by atoms with E-state index in [4.69, 9.17) is 4.98 Å². The molecule has 2 heterocycles. The Hall–Kier alpha value is -5.08. The van der Waals surface area contributed by atoms with Gasteiger partial charge in [0, 0.05) is 24.2 Å². The molecule has 43 heavy (non-hydrogen) atoms. The second-order valence-electron chi connectivity index (χ2n) is 11.7. The number of aryl methyl sites for hydroxylation is 1. The highest BCUT2D eigenvalue weighted by atomic mass is 14.7. The van der Waals surface area contributed by atoms with Crippen molar-refractivity contribution in [3.05, 3.63) is 162 Å². The minimum Gasteiger partial charge on any atom is -0.264 e. The first-order valence-electron chi connectivity index (χ1n) is 15.2. The van der Waals surface area contributed by atoms with E-state index in [1.807, 2.05) is 24.7 Å². The van der Waals surface area contributed by atoms with E-state index >= 15 is 0 Å². The van der Waals surface area contributed by atoms with Crippen LogP contribution in [0.4, 0.5) is 0 Å². The number of allylic oxidation sites excluding steroid dienone is 6. The molecule has 0 fully saturated rings. The minimum absolute atomic E-state index is 0.351. The Morgan fingerprint density at radius 3 is 1.95 bits per heavy atom. The highest BCUT2D eigenvalue weighted by molar-refractivity contribution is 6.19. The van der Waals surface area contributed by atoms with Gasteiger partial charge in [-0.25, -0.2) is 0 Å². The largest absolute Gasteiger partial charge is 0.264 e. The zero-order chi connectivity index (χ0) is 28.8. The third kappa shape index (κ3) is 4.33. The second-order valence-corrected chi connectivity index (χ2v) is 11.7. The molecule has 4 aromatic carbocycles. The monoisotopic (exact) mass is 552 g/mol. The van der Waals surface area contributed by atoms with Crippen LogP contribution in [-0.2, 0) is 0 Å². The lowest BCUT2D eigenvalue weighted by atomic mass is 9.69. The van der Waals surface area contributed by atoms with Gasteiger partial charge >= 0.3 is 0 Å². The van der Waals surface area contributed by atoms with Crippen molar-refractivity contribution < 1.29 is 0 Å². The van der Waals surface area contributed by atoms with E-state index in [1.54, 1.807) is 0 Å². The molecule has 0 aliphatic heterocycles. The van der Waals surface area contributed by atoms with Crippen molar-refractivity contribution in [2.45, 2.75) is 25.7 Å². The van der Waals surface area contributed by atoms with Crippen LogP contribution >= 0.6 is 0 Å². The zero-order valence-electron chi connectivity index (χ0n) is 24.2. The highest BCUT2D eigenvalue weighted by Crippen LogP contribution is 2.50. The lowest BCUT2D eigenvalue weighted by Crippen LogP contribution is -2.20. The number of hydrogen-bond donors (Lipinski definition) is 0. The van der Waals surface area contributed by atoms with Crippen LogP contribution in [0.2, 0.25) is 0 Å². The molecule has 2 aromatic heterocycles. The van der Waals surface area contributed by atoms with Crippen LogP contribution in [0, 0.1) is 12.8 Å². The summed E-state index contributed by atoms with van der Waals surface area (Å²) in [5.41, 5.74) is 11.4. The predicted molar refractivity (Wildman–Crippen MR) is 180 cm³/mol. The summed E-state index contributed by atoms with van der Waals surface area (Å²) in [6.45, 7) is 2.15. The van der Waals surface area contributed by atoms with Crippen molar-refractivity contribution in [3.63, 3.8) is 0 Å². The molecule has 0 spiro atoms. The molecule has 2 atom stereocenters. The van der Waals surface area contributed by atoms with Gasteiger partial charge in [0.1, 0.15) is 0 Å². The molecule has 6 aromatic rings. The molecule has 0 amide bonds. The van der Waals surface area contributed by atoms with Gasteiger partial charge in [-0.1, -0.05) is 109 Å². The first-order valence-corrected chi connectivity index (χ1v) is 15.2. The van der Waals surface area contributed by atoms with Crippen LogP contribution in [-0.4, -0.2) is 9.97 Å². The van der Waals surface area contributed by atoms with E-state index in [1.165, 1.54) is 60.5 Å². The van der Waals surface area contributed by atoms with Crippen LogP contribution in [0.5, 0.6) is 0 Å². The summed E-state index contributed by atoms with van der Waals surface area (Å²) in [5.74, 6) is 0.730. The van der Waals surface area contributed by atoms with Gasteiger partial charge in [0.15, 0.2) is 0 Å². The maximum atomic E-state index is 4.69. The smallest absolute Gasteiger partial charge is 0.0720 e. The Balaban J connectivity index is 1.36. The SMILES string of the molecule is Cc1ccc(-c2c3ccccc3c(C3=C4C=CCC(c5ccncc5-c5ccccn5)C4CC=C3)c3ccccc23)cc1. The second kappa shape index (κ2) is 10.6. The lowest BCUT2D eigenvalue weighted by molar-refractivity contribution is 0.485. The molecule has 2 unspecified atom stereocenters. The van der Waals surface area contributed by atoms with Crippen LogP contribution in [0.15, 0.2) is 146 Å². The van der Waals surface area contributed by atoms with Gasteiger partial charge in [-0.05, 0) is 105 Å². The Morgan fingerprint density at radius 2 is 1.26 bits per heavy atom. The topological polar surface area (TPSA) is 25.8 Å². The molecule has 0 bridgehead atoms. The molecular weight excluding hydrogens is 520 g/mol. The summed E-state index contributed by atoms with van der Waals surface area (Å²) in [4.78, 5) is 9.20. The predicted octanol–water partition coefficient (Wildman–Crippen LogP) is 10.5. The standard InChI is InChI=1S/C41H32N2/c1-27-19-21-28(22-20-27)40-34-10-2-4-12-36(34)41(37-13-5-3-11-35(37)40)33-17-9-15-29-30(14-8-16-31(29)33)32-23-25-42-26-38(32)39-18-6-7-24-43-39/h2-13,16-26,29-30H,14-15H2,1H3. The lowest BCUT2D eigenvalue weighted by Gasteiger charge is -2.35. The van der Waals surface area contributed by atoms with Gasteiger partial charge in [-0.3, -0.25) is 9.97 Å². The van der Waals surface area contributed by atoms with Crippen molar-refractivity contribution in [3.8, 4) is 22.4 Å². The molecule has 0 radical (unpaired) electrons. The summed E-state index contributed by atoms with van der Waals surface area (Å²) < 4.78 is 0. The van der Waals surface area contributed by atoms with Crippen molar-refractivity contribution in [1.29, 1.82) is 0 Å². The Morgan fingerprint density at radius 1 is 0.605 bits per heavy atom. The minimum atomic E-state index is 0.351. The Labute approximate surface area is 252 Å². The normalized spacial score (nSPS) is 17.9. The molecule has 206 valence electrons. The number of hydrogen-bond acceptors (Lipinski definition) is 2. The van der Waals surface area contributed by atoms with E-state index in [9.17, 15) is 0 Å². The third-order valence-electron chi connectivity index (χ3n) is 9.29. The molecule has 0 saturated heterocycles. The quantitative estimate of drug-likeness (QED) is 0.203. The van der Waals surface area contributed by atoms with Gasteiger partial charge in [0.05, 0.1) is 5.69 Å². The summed E-state index contributed by atoms with van der Waals surface area (Å²) >= 11 is 0. The third-order valence-corrected chi connectivity index (χ3v) is 9.29. The Kier molecular flexibility index (Phi) is 6.34. The zero-order valence-corrected chi connectivity index (χ0v) is 24.2. The molecule has 2 heteroatoms. The van der Waals surface area contributed by atoms with Crippen LogP contribution < -0.4 is 0 Å². The summed E-state index contributed by atoms with van der Waals surface area (Å²) in [6.07, 6.45) is 17.4. The molecular formula is C41H32N2. The maximum absolute atomic E-state index is 4.69. The van der Waals surface area contributed by atoms with Crippen molar-refractivity contribution >= 4 is 27.1 Å². The van der Waals surface area contributed by atoms with Crippen molar-refractivity contribution in [2.75, 3.05) is 0 Å². The average Bonchev–Trinajstić information content (AvgIpc) is 3.08. The molecule has 0 saturated carbocycles. The molecule has 2 aliphatic rings. The molecule has 0 N–H and O–H groups in total. The van der Waals surface area contributed by atoms with Crippen LogP contribution in [0.1, 0.15) is 35.4 Å².